The Kier molecular flexibility index (Phi) is 8.27. The first kappa shape index (κ1) is 26.4. The Bertz CT molecular complexity index is 1220. The van der Waals surface area contributed by atoms with Gasteiger partial charge in [-0.3, -0.25) is 4.79 Å². The van der Waals surface area contributed by atoms with E-state index in [1.165, 1.54) is 12.1 Å². The van der Waals surface area contributed by atoms with Crippen molar-refractivity contribution < 1.29 is 18.7 Å². The Balaban J connectivity index is 1.60. The molecule has 196 valence electrons. The third-order valence-corrected chi connectivity index (χ3v) is 5.88. The van der Waals surface area contributed by atoms with E-state index < -0.39 is 11.7 Å². The molecule has 11 heteroatoms. The van der Waals surface area contributed by atoms with Crippen molar-refractivity contribution in [1.82, 2.24) is 30.2 Å². The molecule has 0 atom stereocenters. The highest BCUT2D eigenvalue weighted by atomic mass is 19.1. The van der Waals surface area contributed by atoms with Crippen LogP contribution in [0.4, 0.5) is 10.3 Å². The lowest BCUT2D eigenvalue weighted by atomic mass is 9.91. The summed E-state index contributed by atoms with van der Waals surface area (Å²) in [4.78, 5) is 31.6. The molecule has 37 heavy (non-hydrogen) atoms. The summed E-state index contributed by atoms with van der Waals surface area (Å²) in [6.07, 6.45) is 2.47. The molecular formula is C26H32FN7O3. The molecule has 1 aliphatic heterocycles. The van der Waals surface area contributed by atoms with Crippen LogP contribution in [0.2, 0.25) is 0 Å². The summed E-state index contributed by atoms with van der Waals surface area (Å²) in [5.74, 6) is 0.382. The van der Waals surface area contributed by atoms with Crippen molar-refractivity contribution in [2.45, 2.75) is 13.2 Å². The molecule has 3 aromatic rings. The number of imidazole rings is 1. The van der Waals surface area contributed by atoms with Crippen molar-refractivity contribution >= 4 is 11.9 Å². The quantitative estimate of drug-likeness (QED) is 0.357. The van der Waals surface area contributed by atoms with E-state index >= 15 is 0 Å². The van der Waals surface area contributed by atoms with Gasteiger partial charge < -0.3 is 30.0 Å². The second kappa shape index (κ2) is 11.6. The van der Waals surface area contributed by atoms with Gasteiger partial charge in [-0.05, 0) is 51.4 Å². The van der Waals surface area contributed by atoms with Crippen molar-refractivity contribution in [3.63, 3.8) is 0 Å². The largest absolute Gasteiger partial charge is 0.353 e. The second-order valence-corrected chi connectivity index (χ2v) is 9.36. The molecule has 0 radical (unpaired) electrons. The van der Waals surface area contributed by atoms with Gasteiger partial charge in [0.05, 0.1) is 35.7 Å². The molecule has 10 nitrogen and oxygen atoms in total. The average Bonchev–Trinajstić information content (AvgIpc) is 3.33. The standard InChI is InChI=1S/C26H32FN7O3/c1-5-11-28-24(35)26(2)15-36-23(37-16-26)22-32-20(17-6-8-18(27)9-7-17)21(33-22)19-10-12-29-25(31-19)30-13-14-34(3)4/h5-10,12,23H,1,11,13-16H2,2-4H3,(H,28,35)(H,32,33)(H,29,30,31). The normalized spacial score (nSPS) is 19.5. The monoisotopic (exact) mass is 509 g/mol. The van der Waals surface area contributed by atoms with Gasteiger partial charge in [-0.2, -0.15) is 0 Å². The van der Waals surface area contributed by atoms with Crippen LogP contribution in [0.15, 0.2) is 49.2 Å². The van der Waals surface area contributed by atoms with Gasteiger partial charge in [0.2, 0.25) is 18.1 Å². The number of anilines is 1. The molecule has 1 aliphatic rings. The summed E-state index contributed by atoms with van der Waals surface area (Å²) in [6, 6.07) is 7.83. The number of carbonyl (C=O) groups excluding carboxylic acids is 1. The number of halogens is 1. The van der Waals surface area contributed by atoms with Gasteiger partial charge in [-0.25, -0.2) is 19.3 Å². The van der Waals surface area contributed by atoms with Crippen molar-refractivity contribution in [3.05, 3.63) is 60.8 Å². The maximum Gasteiger partial charge on any atom is 0.230 e. The summed E-state index contributed by atoms with van der Waals surface area (Å²) in [5.41, 5.74) is 1.64. The maximum atomic E-state index is 13.6. The fourth-order valence-electron chi connectivity index (χ4n) is 3.76. The van der Waals surface area contributed by atoms with Crippen LogP contribution in [0.5, 0.6) is 0 Å². The molecule has 1 fully saturated rings. The Morgan fingerprint density at radius 2 is 1.97 bits per heavy atom. The number of H-pyrrole nitrogens is 1. The number of rotatable bonds is 10. The number of nitrogens with zero attached hydrogens (tertiary/aromatic N) is 4. The zero-order valence-electron chi connectivity index (χ0n) is 21.3. The van der Waals surface area contributed by atoms with Gasteiger partial charge in [-0.1, -0.05) is 6.08 Å². The van der Waals surface area contributed by atoms with E-state index in [0.29, 0.717) is 47.5 Å². The SMILES string of the molecule is C=CCNC(=O)C1(C)COC(c2nc(-c3ccc(F)cc3)c(-c3ccnc(NCCN(C)C)n3)[nH]2)OC1. The zero-order valence-corrected chi connectivity index (χ0v) is 21.3. The van der Waals surface area contributed by atoms with Crippen molar-refractivity contribution in [1.29, 1.82) is 0 Å². The molecule has 1 saturated heterocycles. The number of hydrogen-bond donors (Lipinski definition) is 3. The van der Waals surface area contributed by atoms with Crippen LogP contribution in [0, 0.1) is 11.2 Å². The average molecular weight is 510 g/mol. The van der Waals surface area contributed by atoms with Crippen LogP contribution in [0.1, 0.15) is 19.0 Å². The highest BCUT2D eigenvalue weighted by molar-refractivity contribution is 5.82. The first-order valence-electron chi connectivity index (χ1n) is 12.0. The lowest BCUT2D eigenvalue weighted by Gasteiger charge is -2.35. The van der Waals surface area contributed by atoms with E-state index in [1.807, 2.05) is 14.1 Å². The third kappa shape index (κ3) is 6.37. The zero-order chi connectivity index (χ0) is 26.4. The number of amides is 1. The smallest absolute Gasteiger partial charge is 0.230 e. The molecule has 3 heterocycles. The number of hydrogen-bond acceptors (Lipinski definition) is 8. The summed E-state index contributed by atoms with van der Waals surface area (Å²) in [6.45, 7) is 7.57. The fourth-order valence-corrected chi connectivity index (χ4v) is 3.76. The van der Waals surface area contributed by atoms with Crippen LogP contribution in [-0.2, 0) is 14.3 Å². The molecular weight excluding hydrogens is 477 g/mol. The predicted molar refractivity (Wildman–Crippen MR) is 138 cm³/mol. The van der Waals surface area contributed by atoms with Crippen LogP contribution < -0.4 is 10.6 Å². The van der Waals surface area contributed by atoms with E-state index in [2.05, 4.69) is 37.1 Å². The van der Waals surface area contributed by atoms with E-state index in [4.69, 9.17) is 14.5 Å². The number of aromatic amines is 1. The lowest BCUT2D eigenvalue weighted by molar-refractivity contribution is -0.230. The van der Waals surface area contributed by atoms with Crippen LogP contribution in [-0.4, -0.2) is 77.7 Å². The first-order chi connectivity index (χ1) is 17.8. The fraction of sp³-hybridized carbons (Fsp3) is 0.385. The van der Waals surface area contributed by atoms with Crippen LogP contribution in [0.25, 0.3) is 22.6 Å². The highest BCUT2D eigenvalue weighted by Crippen LogP contribution is 2.35. The number of nitrogens with one attached hydrogen (secondary N) is 3. The van der Waals surface area contributed by atoms with Gasteiger partial charge in [0.15, 0.2) is 5.82 Å². The molecule has 2 aromatic heterocycles. The summed E-state index contributed by atoms with van der Waals surface area (Å²) < 4.78 is 25.5. The summed E-state index contributed by atoms with van der Waals surface area (Å²) >= 11 is 0. The second-order valence-electron chi connectivity index (χ2n) is 9.36. The van der Waals surface area contributed by atoms with Gasteiger partial charge in [0.1, 0.15) is 5.82 Å². The topological polar surface area (TPSA) is 117 Å². The lowest BCUT2D eigenvalue weighted by Crippen LogP contribution is -2.48. The molecule has 4 rings (SSSR count). The van der Waals surface area contributed by atoms with Crippen molar-refractivity contribution in [2.24, 2.45) is 5.41 Å². The predicted octanol–water partition coefficient (Wildman–Crippen LogP) is 3.00. The minimum Gasteiger partial charge on any atom is -0.353 e. The number of ether oxygens (including phenoxy) is 2. The number of aromatic nitrogens is 4. The minimum absolute atomic E-state index is 0.149. The summed E-state index contributed by atoms with van der Waals surface area (Å²) in [5, 5.41) is 6.01. The first-order valence-corrected chi connectivity index (χ1v) is 12.0. The molecule has 1 amide bonds. The van der Waals surface area contributed by atoms with Gasteiger partial charge in [0.25, 0.3) is 0 Å². The highest BCUT2D eigenvalue weighted by Gasteiger charge is 2.40. The van der Waals surface area contributed by atoms with Crippen molar-refractivity contribution in [2.75, 3.05) is 52.3 Å². The maximum absolute atomic E-state index is 13.6. The van der Waals surface area contributed by atoms with Gasteiger partial charge in [0, 0.05) is 31.4 Å². The molecule has 0 bridgehead atoms. The van der Waals surface area contributed by atoms with Crippen molar-refractivity contribution in [3.8, 4) is 22.6 Å². The Morgan fingerprint density at radius 3 is 2.65 bits per heavy atom. The molecule has 0 saturated carbocycles. The third-order valence-electron chi connectivity index (χ3n) is 5.88. The van der Waals surface area contributed by atoms with E-state index in [0.717, 1.165) is 6.54 Å². The number of benzene rings is 1. The summed E-state index contributed by atoms with van der Waals surface area (Å²) in [7, 11) is 3.98. The van der Waals surface area contributed by atoms with Crippen LogP contribution in [0.3, 0.4) is 0 Å². The minimum atomic E-state index is -0.839. The molecule has 0 spiro atoms. The Morgan fingerprint density at radius 1 is 1.24 bits per heavy atom. The van der Waals surface area contributed by atoms with Crippen LogP contribution >= 0.6 is 0 Å². The Hall–Kier alpha value is -3.67. The molecule has 0 aliphatic carbocycles. The Labute approximate surface area is 215 Å². The van der Waals surface area contributed by atoms with E-state index in [9.17, 15) is 9.18 Å². The number of likely N-dealkylation sites (N-methyl/N-ethyl adjacent to an activating group) is 1. The van der Waals surface area contributed by atoms with Gasteiger partial charge >= 0.3 is 0 Å². The van der Waals surface area contributed by atoms with E-state index in [1.54, 1.807) is 37.4 Å². The molecule has 3 N–H and O–H groups in total. The number of carbonyl (C=O) groups is 1. The molecule has 1 aromatic carbocycles. The molecule has 0 unspecified atom stereocenters. The van der Waals surface area contributed by atoms with Gasteiger partial charge in [-0.15, -0.1) is 6.58 Å². The van der Waals surface area contributed by atoms with E-state index in [-0.39, 0.29) is 24.9 Å².